The minimum atomic E-state index is -0.254. The Bertz CT molecular complexity index is 502. The Morgan fingerprint density at radius 3 is 2.56 bits per heavy atom. The Morgan fingerprint density at radius 1 is 1.25 bits per heavy atom. The molecule has 0 amide bonds. The van der Waals surface area contributed by atoms with Crippen LogP contribution in [-0.4, -0.2) is 9.97 Å². The van der Waals surface area contributed by atoms with E-state index in [1.54, 1.807) is 31.5 Å². The zero-order valence-corrected chi connectivity index (χ0v) is 10.6. The Labute approximate surface area is 106 Å². The van der Waals surface area contributed by atoms with Crippen molar-refractivity contribution in [2.45, 2.75) is 6.92 Å². The molecule has 0 aliphatic carbocycles. The first kappa shape index (κ1) is 11.3. The molecule has 0 aliphatic rings. The number of hydrogen-bond acceptors (Lipinski definition) is 3. The number of halogens is 2. The number of rotatable bonds is 2. The van der Waals surface area contributed by atoms with Crippen LogP contribution in [0.15, 0.2) is 30.6 Å². The fourth-order valence-electron chi connectivity index (χ4n) is 1.14. The van der Waals surface area contributed by atoms with E-state index in [0.717, 1.165) is 3.57 Å². The molecular weight excluding hydrogens is 322 g/mol. The average molecular weight is 330 g/mol. The quantitative estimate of drug-likeness (QED) is 0.793. The van der Waals surface area contributed by atoms with Gasteiger partial charge in [-0.2, -0.15) is 0 Å². The van der Waals surface area contributed by atoms with Gasteiger partial charge in [0.15, 0.2) is 0 Å². The van der Waals surface area contributed by atoms with Crippen molar-refractivity contribution in [2.75, 3.05) is 0 Å². The molecule has 16 heavy (non-hydrogen) atoms. The van der Waals surface area contributed by atoms with Crippen molar-refractivity contribution in [1.82, 2.24) is 9.97 Å². The summed E-state index contributed by atoms with van der Waals surface area (Å²) >= 11 is 2.11. The van der Waals surface area contributed by atoms with Gasteiger partial charge in [0, 0.05) is 16.0 Å². The number of nitrogens with zero attached hydrogens (tertiary/aromatic N) is 2. The van der Waals surface area contributed by atoms with Gasteiger partial charge in [0.2, 0.25) is 0 Å². The Balaban J connectivity index is 2.20. The molecule has 0 saturated carbocycles. The summed E-state index contributed by atoms with van der Waals surface area (Å²) in [5.74, 6) is 0.274. The van der Waals surface area contributed by atoms with E-state index in [-0.39, 0.29) is 11.8 Å². The second-order valence-electron chi connectivity index (χ2n) is 3.20. The summed E-state index contributed by atoms with van der Waals surface area (Å²) in [5, 5.41) is 0. The number of aryl methyl sites for hydroxylation is 1. The smallest absolute Gasteiger partial charge is 0.321 e. The Kier molecular flexibility index (Phi) is 3.33. The molecule has 1 heterocycles. The molecule has 2 rings (SSSR count). The van der Waals surface area contributed by atoms with Crippen molar-refractivity contribution in [3.63, 3.8) is 0 Å². The van der Waals surface area contributed by atoms with Gasteiger partial charge in [-0.25, -0.2) is 14.4 Å². The van der Waals surface area contributed by atoms with Crippen molar-refractivity contribution in [3.8, 4) is 11.8 Å². The number of hydrogen-bond donors (Lipinski definition) is 0. The van der Waals surface area contributed by atoms with Crippen molar-refractivity contribution < 1.29 is 9.13 Å². The first-order chi connectivity index (χ1) is 7.65. The molecule has 2 aromatic rings. The molecule has 0 atom stereocenters. The summed E-state index contributed by atoms with van der Waals surface area (Å²) < 4.78 is 19.3. The lowest BCUT2D eigenvalue weighted by Crippen LogP contribution is -1.92. The minimum absolute atomic E-state index is 0.254. The highest BCUT2D eigenvalue weighted by molar-refractivity contribution is 14.1. The molecule has 5 heteroatoms. The molecule has 0 spiro atoms. The number of ether oxygens (including phenoxy) is 1. The van der Waals surface area contributed by atoms with Crippen molar-refractivity contribution in [1.29, 1.82) is 0 Å². The second kappa shape index (κ2) is 4.73. The van der Waals surface area contributed by atoms with Crippen molar-refractivity contribution in [3.05, 3.63) is 45.5 Å². The molecule has 0 radical (unpaired) electrons. The van der Waals surface area contributed by atoms with Gasteiger partial charge < -0.3 is 4.74 Å². The lowest BCUT2D eigenvalue weighted by molar-refractivity contribution is 0.439. The average Bonchev–Trinajstić information content (AvgIpc) is 2.27. The van der Waals surface area contributed by atoms with Gasteiger partial charge in [0.25, 0.3) is 0 Å². The maximum absolute atomic E-state index is 13.0. The molecule has 0 bridgehead atoms. The fraction of sp³-hybridized carbons (Fsp3) is 0.0909. The van der Waals surface area contributed by atoms with E-state index in [9.17, 15) is 4.39 Å². The Morgan fingerprint density at radius 2 is 1.94 bits per heavy atom. The van der Waals surface area contributed by atoms with Gasteiger partial charge in [-0.3, -0.25) is 0 Å². The van der Waals surface area contributed by atoms with Crippen LogP contribution in [-0.2, 0) is 0 Å². The van der Waals surface area contributed by atoms with Crippen LogP contribution >= 0.6 is 22.6 Å². The van der Waals surface area contributed by atoms with Gasteiger partial charge in [-0.05, 0) is 53.3 Å². The van der Waals surface area contributed by atoms with E-state index in [1.165, 1.54) is 6.07 Å². The third-order valence-corrected chi connectivity index (χ3v) is 2.49. The standard InChI is InChI=1S/C11H8FIN2O/c1-7-4-9(2-3-10(7)12)16-11-14-5-8(13)6-15-11/h2-6H,1H3. The van der Waals surface area contributed by atoms with E-state index in [2.05, 4.69) is 32.6 Å². The molecular formula is C11H8FIN2O. The maximum Gasteiger partial charge on any atom is 0.321 e. The monoisotopic (exact) mass is 330 g/mol. The van der Waals surface area contributed by atoms with E-state index in [4.69, 9.17) is 4.74 Å². The predicted octanol–water partition coefficient (Wildman–Crippen LogP) is 3.32. The topological polar surface area (TPSA) is 35.0 Å². The maximum atomic E-state index is 13.0. The van der Waals surface area contributed by atoms with Gasteiger partial charge >= 0.3 is 6.01 Å². The molecule has 0 unspecified atom stereocenters. The van der Waals surface area contributed by atoms with Crippen LogP contribution in [0.1, 0.15) is 5.56 Å². The SMILES string of the molecule is Cc1cc(Oc2ncc(I)cn2)ccc1F. The summed E-state index contributed by atoms with van der Waals surface area (Å²) in [6, 6.07) is 4.77. The molecule has 82 valence electrons. The predicted molar refractivity (Wildman–Crippen MR) is 66.0 cm³/mol. The first-order valence-corrected chi connectivity index (χ1v) is 5.64. The summed E-state index contributed by atoms with van der Waals surface area (Å²) in [7, 11) is 0. The zero-order chi connectivity index (χ0) is 11.5. The van der Waals surface area contributed by atoms with E-state index in [0.29, 0.717) is 11.3 Å². The summed E-state index contributed by atoms with van der Waals surface area (Å²) in [5.41, 5.74) is 0.531. The molecule has 1 aromatic heterocycles. The van der Waals surface area contributed by atoms with Crippen molar-refractivity contribution >= 4 is 22.6 Å². The largest absolute Gasteiger partial charge is 0.424 e. The Hall–Kier alpha value is -1.24. The minimum Gasteiger partial charge on any atom is -0.424 e. The van der Waals surface area contributed by atoms with Gasteiger partial charge in [0.1, 0.15) is 11.6 Å². The third-order valence-electron chi connectivity index (χ3n) is 1.94. The van der Waals surface area contributed by atoms with Crippen LogP contribution in [0.4, 0.5) is 4.39 Å². The van der Waals surface area contributed by atoms with Crippen LogP contribution in [0.5, 0.6) is 11.8 Å². The zero-order valence-electron chi connectivity index (χ0n) is 8.45. The molecule has 1 aromatic carbocycles. The highest BCUT2D eigenvalue weighted by Gasteiger charge is 2.03. The van der Waals surface area contributed by atoms with Gasteiger partial charge in [0.05, 0.1) is 0 Å². The van der Waals surface area contributed by atoms with E-state index in [1.807, 2.05) is 0 Å². The summed E-state index contributed by atoms with van der Waals surface area (Å²) in [6.45, 7) is 1.68. The lowest BCUT2D eigenvalue weighted by Gasteiger charge is -2.04. The van der Waals surface area contributed by atoms with Gasteiger partial charge in [-0.1, -0.05) is 0 Å². The van der Waals surface area contributed by atoms with Crippen LogP contribution in [0.2, 0.25) is 0 Å². The highest BCUT2D eigenvalue weighted by Crippen LogP contribution is 2.20. The highest BCUT2D eigenvalue weighted by atomic mass is 127. The van der Waals surface area contributed by atoms with Gasteiger partial charge in [-0.15, -0.1) is 0 Å². The van der Waals surface area contributed by atoms with Crippen LogP contribution in [0, 0.1) is 16.3 Å². The van der Waals surface area contributed by atoms with E-state index < -0.39 is 0 Å². The molecule has 0 fully saturated rings. The number of aromatic nitrogens is 2. The molecule has 0 N–H and O–H groups in total. The van der Waals surface area contributed by atoms with Crippen LogP contribution in [0.3, 0.4) is 0 Å². The first-order valence-electron chi connectivity index (χ1n) is 4.57. The lowest BCUT2D eigenvalue weighted by atomic mass is 10.2. The second-order valence-corrected chi connectivity index (χ2v) is 4.44. The van der Waals surface area contributed by atoms with Crippen LogP contribution in [0.25, 0.3) is 0 Å². The third kappa shape index (κ3) is 2.66. The molecule has 0 saturated heterocycles. The van der Waals surface area contributed by atoms with Crippen molar-refractivity contribution in [2.24, 2.45) is 0 Å². The normalized spacial score (nSPS) is 10.2. The summed E-state index contributed by atoms with van der Waals surface area (Å²) in [6.07, 6.45) is 3.30. The summed E-state index contributed by atoms with van der Waals surface area (Å²) in [4.78, 5) is 7.98. The van der Waals surface area contributed by atoms with Crippen LogP contribution < -0.4 is 4.74 Å². The fourth-order valence-corrected chi connectivity index (χ4v) is 1.42. The molecule has 0 aliphatic heterocycles. The van der Waals surface area contributed by atoms with E-state index >= 15 is 0 Å². The molecule has 3 nitrogen and oxygen atoms in total. The number of benzene rings is 1.